The first kappa shape index (κ1) is 32.9. The van der Waals surface area contributed by atoms with E-state index in [1.54, 1.807) is 20.1 Å². The molecule has 0 aliphatic carbocycles. The molecule has 1 unspecified atom stereocenters. The van der Waals surface area contributed by atoms with Gasteiger partial charge in [0, 0.05) is 36.3 Å². The number of aromatic nitrogens is 2. The number of halogens is 1. The molecule has 1 amide bonds. The summed E-state index contributed by atoms with van der Waals surface area (Å²) in [5.41, 5.74) is 3.61. The van der Waals surface area contributed by atoms with Gasteiger partial charge in [0.15, 0.2) is 0 Å². The van der Waals surface area contributed by atoms with Gasteiger partial charge in [-0.2, -0.15) is 0 Å². The van der Waals surface area contributed by atoms with Gasteiger partial charge < -0.3 is 24.8 Å². The van der Waals surface area contributed by atoms with E-state index in [-0.39, 0.29) is 12.0 Å². The van der Waals surface area contributed by atoms with E-state index in [1.807, 2.05) is 43.9 Å². The van der Waals surface area contributed by atoms with Crippen LogP contribution in [0.2, 0.25) is 5.02 Å². The highest BCUT2D eigenvalue weighted by Crippen LogP contribution is 2.26. The number of nitrogens with one attached hydrogen (secondary N) is 1. The first-order valence-corrected chi connectivity index (χ1v) is 12.9. The quantitative estimate of drug-likeness (QED) is 0.389. The Morgan fingerprint density at radius 2 is 1.92 bits per heavy atom. The minimum atomic E-state index is 0.148. The number of aryl methyl sites for hydroxylation is 1. The number of allylic oxidation sites excluding steroid dienone is 1. The van der Waals surface area contributed by atoms with Crippen molar-refractivity contribution >= 4 is 41.2 Å². The van der Waals surface area contributed by atoms with E-state index in [4.69, 9.17) is 26.2 Å². The Morgan fingerprint density at radius 1 is 1.26 bits per heavy atom. The van der Waals surface area contributed by atoms with E-state index in [1.165, 1.54) is 12.4 Å². The van der Waals surface area contributed by atoms with Gasteiger partial charge in [-0.3, -0.25) is 4.79 Å². The second kappa shape index (κ2) is 16.0. The third kappa shape index (κ3) is 12.9. The minimum Gasteiger partial charge on any atom is -0.516 e. The summed E-state index contributed by atoms with van der Waals surface area (Å²) in [5.74, 6) is 1.45. The predicted octanol–water partition coefficient (Wildman–Crippen LogP) is 7.02. The van der Waals surface area contributed by atoms with Crippen molar-refractivity contribution in [3.8, 4) is 0 Å². The molecule has 210 valence electrons. The average molecular weight is 547 g/mol. The number of carbonyl (C=O) groups excluding carboxylic acids is 1. The van der Waals surface area contributed by atoms with Crippen LogP contribution in [0.25, 0.3) is 12.2 Å². The van der Waals surface area contributed by atoms with Crippen molar-refractivity contribution in [1.82, 2.24) is 14.9 Å². The maximum absolute atomic E-state index is 10.8. The molecule has 1 aromatic carbocycles. The molecule has 8 nitrogen and oxygen atoms in total. The highest BCUT2D eigenvalue weighted by atomic mass is 35.5. The van der Waals surface area contributed by atoms with E-state index in [0.29, 0.717) is 39.9 Å². The first-order chi connectivity index (χ1) is 17.7. The van der Waals surface area contributed by atoms with Gasteiger partial charge in [0.05, 0.1) is 37.5 Å². The van der Waals surface area contributed by atoms with Gasteiger partial charge in [0.1, 0.15) is 12.1 Å². The summed E-state index contributed by atoms with van der Waals surface area (Å²) >= 11 is 6.05. The topological polar surface area (TPSA) is 96.8 Å². The summed E-state index contributed by atoms with van der Waals surface area (Å²) in [6, 6.07) is 5.63. The maximum Gasteiger partial charge on any atom is 0.219 e. The number of benzene rings is 1. The number of rotatable bonds is 5. The van der Waals surface area contributed by atoms with Crippen LogP contribution < -0.4 is 5.32 Å². The van der Waals surface area contributed by atoms with E-state index in [2.05, 4.69) is 43.0 Å². The molecule has 1 aromatic heterocycles. The van der Waals surface area contributed by atoms with Gasteiger partial charge in [-0.05, 0) is 62.1 Å². The predicted molar refractivity (Wildman–Crippen MR) is 157 cm³/mol. The number of carbonyl (C=O) groups is 1. The second-order valence-corrected chi connectivity index (χ2v) is 10.9. The third-order valence-electron chi connectivity index (χ3n) is 4.92. The van der Waals surface area contributed by atoms with Crippen LogP contribution in [0.3, 0.4) is 0 Å². The van der Waals surface area contributed by atoms with Crippen molar-refractivity contribution in [2.24, 2.45) is 5.41 Å². The van der Waals surface area contributed by atoms with Crippen LogP contribution in [0, 0.1) is 12.3 Å². The lowest BCUT2D eigenvalue weighted by molar-refractivity contribution is -0.135. The molecule has 0 radical (unpaired) electrons. The van der Waals surface area contributed by atoms with Gasteiger partial charge >= 0.3 is 0 Å². The van der Waals surface area contributed by atoms with Gasteiger partial charge in [0.25, 0.3) is 0 Å². The number of nitrogens with zero attached hydrogens (tertiary/aromatic N) is 3. The Labute approximate surface area is 232 Å². The Kier molecular flexibility index (Phi) is 13.9. The standard InChI is InChI=1S/C17H18ClN3O2.C7H13NO2.C5H12/c1-11-8-13(4-5-15(11)18)21-17-14(9-12(2)23-3)16(6-7-22)19-10-20-17;1-6-5-8(7(2)9)3-4-10-6;1-5(2,3)4/h4-10,22H,1-3H3,(H,19,20,21);6H,3-5H2,1-2H3;1-4H3/b7-6+,12-9+;;. The average Bonchev–Trinajstić information content (AvgIpc) is 2.83. The van der Waals surface area contributed by atoms with Crippen LogP contribution in [0.15, 0.2) is 36.5 Å². The van der Waals surface area contributed by atoms with Crippen LogP contribution in [0.1, 0.15) is 65.3 Å². The number of aliphatic hydroxyl groups is 1. The summed E-state index contributed by atoms with van der Waals surface area (Å²) < 4.78 is 10.5. The van der Waals surface area contributed by atoms with E-state index >= 15 is 0 Å². The molecule has 38 heavy (non-hydrogen) atoms. The van der Waals surface area contributed by atoms with E-state index in [9.17, 15) is 4.79 Å². The fourth-order valence-electron chi connectivity index (χ4n) is 3.08. The largest absolute Gasteiger partial charge is 0.516 e. The second-order valence-electron chi connectivity index (χ2n) is 10.5. The van der Waals surface area contributed by atoms with E-state index in [0.717, 1.165) is 30.6 Å². The molecule has 2 heterocycles. The Hall–Kier alpha value is -3.10. The summed E-state index contributed by atoms with van der Waals surface area (Å²) in [6.45, 7) is 18.3. The molecule has 2 aromatic rings. The molecule has 1 saturated heterocycles. The van der Waals surface area contributed by atoms with Crippen molar-refractivity contribution in [3.05, 3.63) is 58.4 Å². The van der Waals surface area contributed by atoms with Crippen LogP contribution >= 0.6 is 11.6 Å². The third-order valence-corrected chi connectivity index (χ3v) is 5.35. The first-order valence-electron chi connectivity index (χ1n) is 12.5. The number of morpholine rings is 1. The molecular weight excluding hydrogens is 504 g/mol. The number of hydrogen-bond donors (Lipinski definition) is 2. The Balaban J connectivity index is 0.000000395. The van der Waals surface area contributed by atoms with Crippen LogP contribution in [-0.2, 0) is 14.3 Å². The number of amides is 1. The maximum atomic E-state index is 10.8. The van der Waals surface area contributed by atoms with Crippen LogP contribution in [0.4, 0.5) is 11.5 Å². The van der Waals surface area contributed by atoms with Crippen LogP contribution in [0.5, 0.6) is 0 Å². The lowest BCUT2D eigenvalue weighted by Crippen LogP contribution is -2.43. The molecule has 1 fully saturated rings. The lowest BCUT2D eigenvalue weighted by atomic mass is 10.0. The van der Waals surface area contributed by atoms with Crippen molar-refractivity contribution in [3.63, 3.8) is 0 Å². The number of hydrogen-bond acceptors (Lipinski definition) is 7. The molecule has 1 atom stereocenters. The number of anilines is 2. The van der Waals surface area contributed by atoms with Crippen molar-refractivity contribution in [1.29, 1.82) is 0 Å². The normalized spacial score (nSPS) is 15.7. The fourth-order valence-corrected chi connectivity index (χ4v) is 3.20. The number of aliphatic hydroxyl groups excluding tert-OH is 1. The molecule has 0 bridgehead atoms. The van der Waals surface area contributed by atoms with Gasteiger partial charge in [0.2, 0.25) is 5.91 Å². The number of methoxy groups -OCH3 is 1. The molecule has 0 spiro atoms. The highest BCUT2D eigenvalue weighted by molar-refractivity contribution is 6.31. The zero-order valence-electron chi connectivity index (χ0n) is 24.1. The van der Waals surface area contributed by atoms with Gasteiger partial charge in [-0.25, -0.2) is 9.97 Å². The Bertz CT molecular complexity index is 1090. The van der Waals surface area contributed by atoms with Crippen LogP contribution in [-0.4, -0.2) is 58.8 Å². The highest BCUT2D eigenvalue weighted by Gasteiger charge is 2.17. The van der Waals surface area contributed by atoms with Crippen molar-refractivity contribution in [2.45, 2.75) is 61.5 Å². The van der Waals surface area contributed by atoms with E-state index < -0.39 is 0 Å². The smallest absolute Gasteiger partial charge is 0.219 e. The number of ether oxygens (including phenoxy) is 2. The summed E-state index contributed by atoms with van der Waals surface area (Å²) in [5, 5.41) is 13.0. The summed E-state index contributed by atoms with van der Waals surface area (Å²) in [7, 11) is 1.59. The molecule has 3 rings (SSSR count). The summed E-state index contributed by atoms with van der Waals surface area (Å²) in [4.78, 5) is 21.1. The van der Waals surface area contributed by atoms with Crippen molar-refractivity contribution < 1.29 is 19.4 Å². The molecule has 1 aliphatic heterocycles. The fraction of sp³-hybridized carbons (Fsp3) is 0.483. The van der Waals surface area contributed by atoms with Gasteiger partial charge in [-0.15, -0.1) is 0 Å². The molecule has 1 aliphatic rings. The molecule has 0 saturated carbocycles. The molecular formula is C29H43ClN4O4. The Morgan fingerprint density at radius 3 is 2.42 bits per heavy atom. The zero-order valence-corrected chi connectivity index (χ0v) is 24.9. The molecule has 2 N–H and O–H groups in total. The van der Waals surface area contributed by atoms with Gasteiger partial charge in [-0.1, -0.05) is 39.3 Å². The lowest BCUT2D eigenvalue weighted by Gasteiger charge is -2.30. The zero-order chi connectivity index (χ0) is 28.9. The SMILES string of the molecule is CC(=O)N1CCOC(C)C1.CC(C)(C)C.CO/C(C)=C/c1c(/C=C/O)ncnc1Nc1ccc(Cl)c(C)c1. The summed E-state index contributed by atoms with van der Waals surface area (Å²) in [6.07, 6.45) is 5.88. The monoisotopic (exact) mass is 546 g/mol. The van der Waals surface area contributed by atoms with Crippen molar-refractivity contribution in [2.75, 3.05) is 32.1 Å². The molecule has 9 heteroatoms. The minimum absolute atomic E-state index is 0.148.